The molecule has 0 aliphatic carbocycles. The van der Waals surface area contributed by atoms with Gasteiger partial charge in [0.15, 0.2) is 0 Å². The van der Waals surface area contributed by atoms with E-state index in [2.05, 4.69) is 59.2 Å². The molecule has 7 heteroatoms. The van der Waals surface area contributed by atoms with Gasteiger partial charge in [0.2, 0.25) is 5.91 Å². The first-order chi connectivity index (χ1) is 15.2. The number of fused-ring (bicyclic) bond motifs is 1. The van der Waals surface area contributed by atoms with Crippen molar-refractivity contribution in [3.05, 3.63) is 64.9 Å². The minimum Gasteiger partial charge on any atom is -0.352 e. The summed E-state index contributed by atoms with van der Waals surface area (Å²) < 4.78 is 1.04. The van der Waals surface area contributed by atoms with Crippen LogP contribution in [-0.4, -0.2) is 60.0 Å². The Morgan fingerprint density at radius 3 is 2.39 bits per heavy atom. The minimum atomic E-state index is -0.435. The van der Waals surface area contributed by atoms with Crippen LogP contribution in [0.2, 0.25) is 0 Å². The van der Waals surface area contributed by atoms with Gasteiger partial charge in [0.05, 0.1) is 10.9 Å². The molecule has 1 N–H and O–H groups in total. The van der Waals surface area contributed by atoms with Gasteiger partial charge in [0.1, 0.15) is 12.1 Å². The van der Waals surface area contributed by atoms with Gasteiger partial charge in [-0.1, -0.05) is 40.2 Å². The molecule has 2 aliphatic rings. The fourth-order valence-corrected chi connectivity index (χ4v) is 5.18. The van der Waals surface area contributed by atoms with Gasteiger partial charge in [-0.2, -0.15) is 0 Å². The zero-order valence-electron chi connectivity index (χ0n) is 17.4. The number of carbonyl (C=O) groups is 1. The lowest BCUT2D eigenvalue weighted by atomic mass is 9.72. The zero-order valence-corrected chi connectivity index (χ0v) is 19.0. The maximum Gasteiger partial charge on any atom is 0.233 e. The summed E-state index contributed by atoms with van der Waals surface area (Å²) in [5, 5.41) is 4.49. The smallest absolute Gasteiger partial charge is 0.233 e. The van der Waals surface area contributed by atoms with Gasteiger partial charge in [-0.3, -0.25) is 4.79 Å². The second-order valence-electron chi connectivity index (χ2n) is 8.33. The number of benzene rings is 2. The fourth-order valence-electron chi connectivity index (χ4n) is 4.92. The van der Waals surface area contributed by atoms with Gasteiger partial charge in [-0.05, 0) is 55.8 Å². The average molecular weight is 480 g/mol. The summed E-state index contributed by atoms with van der Waals surface area (Å²) in [6.45, 7) is 4.72. The van der Waals surface area contributed by atoms with Gasteiger partial charge < -0.3 is 15.1 Å². The summed E-state index contributed by atoms with van der Waals surface area (Å²) in [6.07, 6.45) is 3.31. The molecule has 2 aromatic carbocycles. The number of amides is 1. The highest BCUT2D eigenvalue weighted by atomic mass is 79.9. The number of halogens is 1. The van der Waals surface area contributed by atoms with E-state index in [0.717, 1.165) is 65.8 Å². The predicted molar refractivity (Wildman–Crippen MR) is 126 cm³/mol. The topological polar surface area (TPSA) is 61.4 Å². The second-order valence-corrected chi connectivity index (χ2v) is 9.25. The van der Waals surface area contributed by atoms with E-state index in [1.165, 1.54) is 0 Å². The van der Waals surface area contributed by atoms with Gasteiger partial charge in [-0.15, -0.1) is 0 Å². The van der Waals surface area contributed by atoms with E-state index in [-0.39, 0.29) is 5.91 Å². The van der Waals surface area contributed by atoms with Crippen molar-refractivity contribution < 1.29 is 4.79 Å². The van der Waals surface area contributed by atoms with Crippen molar-refractivity contribution in [2.75, 3.05) is 44.2 Å². The Morgan fingerprint density at radius 1 is 0.935 bits per heavy atom. The summed E-state index contributed by atoms with van der Waals surface area (Å²) in [6, 6.07) is 16.4. The molecule has 0 saturated carbocycles. The van der Waals surface area contributed by atoms with Gasteiger partial charge in [0, 0.05) is 36.0 Å². The molecule has 0 radical (unpaired) electrons. The Balaban J connectivity index is 1.36. The summed E-state index contributed by atoms with van der Waals surface area (Å²) in [7, 11) is 0. The van der Waals surface area contributed by atoms with Crippen molar-refractivity contribution in [3.8, 4) is 0 Å². The lowest BCUT2D eigenvalue weighted by Crippen LogP contribution is -2.57. The number of aromatic nitrogens is 2. The normalized spacial score (nSPS) is 18.9. The Labute approximate surface area is 190 Å². The number of carbonyl (C=O) groups excluding carboxylic acids is 1. The highest BCUT2D eigenvalue weighted by Crippen LogP contribution is 2.37. The summed E-state index contributed by atoms with van der Waals surface area (Å²) in [5.74, 6) is 1.23. The monoisotopic (exact) mass is 479 g/mol. The van der Waals surface area contributed by atoms with E-state index in [1.807, 2.05) is 30.3 Å². The first kappa shape index (κ1) is 20.4. The largest absolute Gasteiger partial charge is 0.352 e. The number of hydrogen-bond acceptors (Lipinski definition) is 5. The van der Waals surface area contributed by atoms with E-state index >= 15 is 0 Å². The Hall–Kier alpha value is -2.51. The highest BCUT2D eigenvalue weighted by molar-refractivity contribution is 9.10. The summed E-state index contributed by atoms with van der Waals surface area (Å²) in [5.41, 5.74) is 1.65. The van der Waals surface area contributed by atoms with Crippen LogP contribution in [0.25, 0.3) is 10.9 Å². The van der Waals surface area contributed by atoms with Crippen LogP contribution in [0.4, 0.5) is 5.82 Å². The van der Waals surface area contributed by atoms with E-state index in [4.69, 9.17) is 0 Å². The third kappa shape index (κ3) is 3.81. The number of anilines is 1. The van der Waals surface area contributed by atoms with Crippen LogP contribution in [0.3, 0.4) is 0 Å². The molecule has 3 aromatic rings. The molecule has 1 amide bonds. The number of piperidine rings is 1. The Kier molecular flexibility index (Phi) is 5.63. The molecule has 1 aromatic heterocycles. The average Bonchev–Trinajstić information content (AvgIpc) is 2.84. The van der Waals surface area contributed by atoms with Crippen molar-refractivity contribution in [1.82, 2.24) is 20.2 Å². The molecule has 0 bridgehead atoms. The Morgan fingerprint density at radius 2 is 1.65 bits per heavy atom. The van der Waals surface area contributed by atoms with Crippen LogP contribution < -0.4 is 10.2 Å². The van der Waals surface area contributed by atoms with E-state index in [1.54, 1.807) is 6.33 Å². The molecule has 160 valence electrons. The molecule has 3 heterocycles. The number of para-hydroxylation sites is 1. The summed E-state index contributed by atoms with van der Waals surface area (Å²) >= 11 is 3.52. The molecule has 2 saturated heterocycles. The van der Waals surface area contributed by atoms with E-state index in [9.17, 15) is 4.79 Å². The standard InChI is InChI=1S/C24H26BrN5O/c25-19-7-5-18(6-8-19)24(9-11-26-12-10-24)23(31)30-15-13-29(14-16-30)22-20-3-1-2-4-21(20)27-17-28-22/h1-8,17,26H,9-16H2. The van der Waals surface area contributed by atoms with Crippen molar-refractivity contribution in [3.63, 3.8) is 0 Å². The highest BCUT2D eigenvalue weighted by Gasteiger charge is 2.44. The first-order valence-corrected chi connectivity index (χ1v) is 11.7. The lowest BCUT2D eigenvalue weighted by molar-refractivity contribution is -0.139. The van der Waals surface area contributed by atoms with Crippen molar-refractivity contribution >= 4 is 38.6 Å². The second kappa shape index (κ2) is 8.55. The van der Waals surface area contributed by atoms with Crippen LogP contribution >= 0.6 is 15.9 Å². The van der Waals surface area contributed by atoms with Crippen LogP contribution in [-0.2, 0) is 10.2 Å². The molecular formula is C24H26BrN5O. The Bertz CT molecular complexity index is 1070. The molecule has 0 atom stereocenters. The van der Waals surface area contributed by atoms with Gasteiger partial charge >= 0.3 is 0 Å². The van der Waals surface area contributed by atoms with E-state index in [0.29, 0.717) is 13.1 Å². The van der Waals surface area contributed by atoms with Gasteiger partial charge in [0.25, 0.3) is 0 Å². The number of nitrogens with one attached hydrogen (secondary N) is 1. The molecule has 6 nitrogen and oxygen atoms in total. The molecule has 31 heavy (non-hydrogen) atoms. The fraction of sp³-hybridized carbons (Fsp3) is 0.375. The third-order valence-electron chi connectivity index (χ3n) is 6.65. The third-order valence-corrected chi connectivity index (χ3v) is 7.18. The SMILES string of the molecule is O=C(N1CCN(c2ncnc3ccccc23)CC1)C1(c2ccc(Br)cc2)CCNCC1. The summed E-state index contributed by atoms with van der Waals surface area (Å²) in [4.78, 5) is 27.1. The molecule has 5 rings (SSSR count). The molecule has 2 aliphatic heterocycles. The molecule has 2 fully saturated rings. The van der Waals surface area contributed by atoms with Crippen LogP contribution in [0, 0.1) is 0 Å². The number of nitrogens with zero attached hydrogens (tertiary/aromatic N) is 4. The maximum absolute atomic E-state index is 13.9. The first-order valence-electron chi connectivity index (χ1n) is 10.9. The number of hydrogen-bond donors (Lipinski definition) is 1. The molecular weight excluding hydrogens is 454 g/mol. The maximum atomic E-state index is 13.9. The van der Waals surface area contributed by atoms with Crippen molar-refractivity contribution in [2.24, 2.45) is 0 Å². The van der Waals surface area contributed by atoms with Crippen molar-refractivity contribution in [1.29, 1.82) is 0 Å². The van der Waals surface area contributed by atoms with Gasteiger partial charge in [-0.25, -0.2) is 9.97 Å². The van der Waals surface area contributed by atoms with Crippen LogP contribution in [0.1, 0.15) is 18.4 Å². The van der Waals surface area contributed by atoms with E-state index < -0.39 is 5.41 Å². The van der Waals surface area contributed by atoms with Crippen LogP contribution in [0.5, 0.6) is 0 Å². The van der Waals surface area contributed by atoms with Crippen LogP contribution in [0.15, 0.2) is 59.3 Å². The molecule has 0 unspecified atom stereocenters. The minimum absolute atomic E-state index is 0.267. The lowest BCUT2D eigenvalue weighted by Gasteiger charge is -2.43. The van der Waals surface area contributed by atoms with Crippen molar-refractivity contribution in [2.45, 2.75) is 18.3 Å². The molecule has 0 spiro atoms. The number of piperazine rings is 1. The number of rotatable bonds is 3. The zero-order chi connectivity index (χ0) is 21.3. The predicted octanol–water partition coefficient (Wildman–Crippen LogP) is 3.36. The quantitative estimate of drug-likeness (QED) is 0.623.